The summed E-state index contributed by atoms with van der Waals surface area (Å²) in [6.07, 6.45) is 5.09. The molecule has 1 saturated heterocycles. The monoisotopic (exact) mass is 412 g/mol. The number of primary amides is 1. The molecule has 5 nitrogen and oxygen atoms in total. The number of methoxy groups -OCH3 is 1. The Morgan fingerprint density at radius 3 is 2.41 bits per heavy atom. The first kappa shape index (κ1) is 20.1. The van der Waals surface area contributed by atoms with Gasteiger partial charge in [0.05, 0.1) is 11.9 Å². The van der Waals surface area contributed by atoms with Crippen molar-refractivity contribution >= 4 is 17.7 Å². The Labute approximate surface area is 176 Å². The minimum absolute atomic E-state index is 0.186. The molecule has 1 amide bonds. The fourth-order valence-corrected chi connectivity index (χ4v) is 5.99. The highest BCUT2D eigenvalue weighted by molar-refractivity contribution is 8.01. The lowest BCUT2D eigenvalue weighted by Gasteiger charge is -2.35. The van der Waals surface area contributed by atoms with E-state index in [4.69, 9.17) is 15.2 Å². The van der Waals surface area contributed by atoms with E-state index in [-0.39, 0.29) is 11.3 Å². The molecular weight excluding hydrogens is 384 g/mol. The van der Waals surface area contributed by atoms with Crippen LogP contribution < -0.4 is 20.5 Å². The molecule has 2 aromatic rings. The third-order valence-electron chi connectivity index (χ3n) is 6.25. The van der Waals surface area contributed by atoms with Crippen LogP contribution in [0.1, 0.15) is 32.1 Å². The number of benzene rings is 2. The first-order chi connectivity index (χ1) is 14.0. The molecule has 3 N–H and O–H groups in total. The van der Waals surface area contributed by atoms with Crippen LogP contribution in [0.15, 0.2) is 53.4 Å². The summed E-state index contributed by atoms with van der Waals surface area (Å²) in [5.41, 5.74) is 6.18. The summed E-state index contributed by atoms with van der Waals surface area (Å²) in [6.45, 7) is 2.08. The molecule has 1 heterocycles. The van der Waals surface area contributed by atoms with Gasteiger partial charge in [-0.2, -0.15) is 0 Å². The van der Waals surface area contributed by atoms with E-state index in [0.717, 1.165) is 67.3 Å². The van der Waals surface area contributed by atoms with Crippen LogP contribution in [-0.4, -0.2) is 30.9 Å². The summed E-state index contributed by atoms with van der Waals surface area (Å²) in [5.74, 6) is 2.04. The molecule has 4 rings (SSSR count). The summed E-state index contributed by atoms with van der Waals surface area (Å²) < 4.78 is 10.6. The molecule has 2 aromatic carbocycles. The zero-order valence-corrected chi connectivity index (χ0v) is 17.6. The van der Waals surface area contributed by atoms with Crippen molar-refractivity contribution in [3.05, 3.63) is 48.5 Å². The van der Waals surface area contributed by atoms with Gasteiger partial charge in [-0.05, 0) is 87.0 Å². The Morgan fingerprint density at radius 1 is 1.00 bits per heavy atom. The first-order valence-corrected chi connectivity index (χ1v) is 11.0. The zero-order chi connectivity index (χ0) is 20.3. The first-order valence-electron chi connectivity index (χ1n) is 10.1. The largest absolute Gasteiger partial charge is 0.497 e. The van der Waals surface area contributed by atoms with Crippen LogP contribution in [-0.2, 0) is 4.79 Å². The number of piperidine rings is 1. The van der Waals surface area contributed by atoms with Gasteiger partial charge in [-0.1, -0.05) is 6.07 Å². The standard InChI is InChI=1S/C23H28N2O3S/c1-27-18-3-2-4-19(15-18)28-17-5-7-20(8-6-17)29-23(21(24)26)10-9-22(16-23)11-13-25-14-12-22/h2-8,15,25H,9-14,16H2,1H3,(H2,24,26). The van der Waals surface area contributed by atoms with Crippen LogP contribution in [0, 0.1) is 5.41 Å². The Morgan fingerprint density at radius 2 is 1.72 bits per heavy atom. The van der Waals surface area contributed by atoms with Gasteiger partial charge in [0.1, 0.15) is 17.2 Å². The molecule has 6 heteroatoms. The van der Waals surface area contributed by atoms with E-state index in [1.165, 1.54) is 0 Å². The third kappa shape index (κ3) is 4.38. The van der Waals surface area contributed by atoms with E-state index >= 15 is 0 Å². The van der Waals surface area contributed by atoms with Gasteiger partial charge >= 0.3 is 0 Å². The second-order valence-electron chi connectivity index (χ2n) is 8.14. The predicted molar refractivity (Wildman–Crippen MR) is 116 cm³/mol. The van der Waals surface area contributed by atoms with Gasteiger partial charge in [-0.3, -0.25) is 4.79 Å². The molecule has 29 heavy (non-hydrogen) atoms. The summed E-state index contributed by atoms with van der Waals surface area (Å²) >= 11 is 1.62. The fourth-order valence-electron chi connectivity index (χ4n) is 4.58. The molecule has 1 aliphatic heterocycles. The molecule has 2 fully saturated rings. The number of amides is 1. The van der Waals surface area contributed by atoms with Gasteiger partial charge < -0.3 is 20.5 Å². The lowest BCUT2D eigenvalue weighted by atomic mass is 9.77. The summed E-state index contributed by atoms with van der Waals surface area (Å²) in [5, 5.41) is 3.43. The van der Waals surface area contributed by atoms with Crippen molar-refractivity contribution < 1.29 is 14.3 Å². The van der Waals surface area contributed by atoms with Crippen molar-refractivity contribution in [2.24, 2.45) is 11.1 Å². The molecule has 1 atom stereocenters. The number of carbonyl (C=O) groups is 1. The molecule has 1 spiro atoms. The molecule has 2 aliphatic rings. The minimum atomic E-state index is -0.507. The van der Waals surface area contributed by atoms with E-state index in [9.17, 15) is 4.79 Å². The average Bonchev–Trinajstić information content (AvgIpc) is 3.09. The van der Waals surface area contributed by atoms with E-state index < -0.39 is 4.75 Å². The normalized spacial score (nSPS) is 23.1. The van der Waals surface area contributed by atoms with E-state index in [1.807, 2.05) is 48.5 Å². The van der Waals surface area contributed by atoms with Crippen LogP contribution in [0.5, 0.6) is 17.2 Å². The van der Waals surface area contributed by atoms with Gasteiger partial charge in [-0.15, -0.1) is 11.8 Å². The molecule has 1 saturated carbocycles. The van der Waals surface area contributed by atoms with Crippen molar-refractivity contribution in [3.8, 4) is 17.2 Å². The molecule has 0 aromatic heterocycles. The summed E-state index contributed by atoms with van der Waals surface area (Å²) in [6, 6.07) is 15.4. The lowest BCUT2D eigenvalue weighted by Crippen LogP contribution is -2.42. The molecule has 1 aliphatic carbocycles. The van der Waals surface area contributed by atoms with Crippen molar-refractivity contribution in [2.75, 3.05) is 20.2 Å². The topological polar surface area (TPSA) is 73.6 Å². The van der Waals surface area contributed by atoms with Crippen LogP contribution in [0.25, 0.3) is 0 Å². The van der Waals surface area contributed by atoms with Crippen molar-refractivity contribution in [2.45, 2.75) is 41.7 Å². The second-order valence-corrected chi connectivity index (χ2v) is 9.60. The predicted octanol–water partition coefficient (Wildman–Crippen LogP) is 4.36. The highest BCUT2D eigenvalue weighted by atomic mass is 32.2. The molecule has 1 unspecified atom stereocenters. The summed E-state index contributed by atoms with van der Waals surface area (Å²) in [4.78, 5) is 13.5. The van der Waals surface area contributed by atoms with Gasteiger partial charge in [0.2, 0.25) is 5.91 Å². The van der Waals surface area contributed by atoms with Gasteiger partial charge in [0.25, 0.3) is 0 Å². The number of nitrogens with two attached hydrogens (primary N) is 1. The fraction of sp³-hybridized carbons (Fsp3) is 0.435. The number of hydrogen-bond donors (Lipinski definition) is 2. The summed E-state index contributed by atoms with van der Waals surface area (Å²) in [7, 11) is 1.64. The molecular formula is C23H28N2O3S. The van der Waals surface area contributed by atoms with Crippen LogP contribution in [0.2, 0.25) is 0 Å². The zero-order valence-electron chi connectivity index (χ0n) is 16.8. The maximum absolute atomic E-state index is 12.5. The number of carbonyl (C=O) groups excluding carboxylic acids is 1. The van der Waals surface area contributed by atoms with Crippen molar-refractivity contribution in [1.29, 1.82) is 0 Å². The Hall–Kier alpha value is -2.18. The van der Waals surface area contributed by atoms with Crippen molar-refractivity contribution in [3.63, 3.8) is 0 Å². The Bertz CT molecular complexity index is 865. The quantitative estimate of drug-likeness (QED) is 0.738. The van der Waals surface area contributed by atoms with Crippen LogP contribution in [0.3, 0.4) is 0 Å². The number of hydrogen-bond acceptors (Lipinski definition) is 5. The number of thioether (sulfide) groups is 1. The molecule has 154 valence electrons. The number of nitrogens with one attached hydrogen (secondary N) is 1. The average molecular weight is 413 g/mol. The van der Waals surface area contributed by atoms with Crippen molar-refractivity contribution in [1.82, 2.24) is 5.32 Å². The van der Waals surface area contributed by atoms with E-state index in [2.05, 4.69) is 5.32 Å². The SMILES string of the molecule is COc1cccc(Oc2ccc(SC3(C(N)=O)CCC4(CCNCC4)C3)cc2)c1. The van der Waals surface area contributed by atoms with E-state index in [1.54, 1.807) is 18.9 Å². The van der Waals surface area contributed by atoms with Crippen LogP contribution in [0.4, 0.5) is 0 Å². The third-order valence-corrected chi connectivity index (χ3v) is 7.70. The van der Waals surface area contributed by atoms with Crippen LogP contribution >= 0.6 is 11.8 Å². The maximum atomic E-state index is 12.5. The Kier molecular flexibility index (Phi) is 5.74. The highest BCUT2D eigenvalue weighted by Gasteiger charge is 2.52. The van der Waals surface area contributed by atoms with Gasteiger partial charge in [0, 0.05) is 11.0 Å². The smallest absolute Gasteiger partial charge is 0.234 e. The van der Waals surface area contributed by atoms with Gasteiger partial charge in [-0.25, -0.2) is 0 Å². The second kappa shape index (κ2) is 8.28. The number of ether oxygens (including phenoxy) is 2. The maximum Gasteiger partial charge on any atom is 0.234 e. The Balaban J connectivity index is 1.46. The van der Waals surface area contributed by atoms with E-state index in [0.29, 0.717) is 0 Å². The molecule has 0 radical (unpaired) electrons. The molecule has 0 bridgehead atoms. The minimum Gasteiger partial charge on any atom is -0.497 e. The van der Waals surface area contributed by atoms with Gasteiger partial charge in [0.15, 0.2) is 0 Å². The number of rotatable bonds is 6. The lowest BCUT2D eigenvalue weighted by molar-refractivity contribution is -0.120. The highest BCUT2D eigenvalue weighted by Crippen LogP contribution is 2.56.